The Morgan fingerprint density at radius 1 is 1.40 bits per heavy atom. The van der Waals surface area contributed by atoms with E-state index in [0.717, 1.165) is 5.56 Å². The van der Waals surface area contributed by atoms with E-state index < -0.39 is 7.82 Å². The first-order chi connectivity index (χ1) is 7.05. The highest BCUT2D eigenvalue weighted by atomic mass is 31.2. The van der Waals surface area contributed by atoms with Gasteiger partial charge in [0.2, 0.25) is 0 Å². The normalized spacial score (nSPS) is 14.6. The zero-order valence-electron chi connectivity index (χ0n) is 8.84. The van der Waals surface area contributed by atoms with Crippen molar-refractivity contribution in [2.75, 3.05) is 6.61 Å². The van der Waals surface area contributed by atoms with Crippen molar-refractivity contribution in [1.29, 1.82) is 0 Å². The number of rotatable bonds is 5. The zero-order chi connectivity index (χ0) is 11.3. The Bertz CT molecular complexity index is 364. The Hall–Kier alpha value is -0.830. The minimum Gasteiger partial charge on any atom is -0.404 e. The summed E-state index contributed by atoms with van der Waals surface area (Å²) < 4.78 is 21.1. The van der Waals surface area contributed by atoms with Gasteiger partial charge in [0.15, 0.2) is 0 Å². The molecule has 0 aliphatic carbocycles. The molecule has 1 rings (SSSR count). The number of phosphoric ester groups is 1. The van der Waals surface area contributed by atoms with Crippen LogP contribution in [0.1, 0.15) is 18.9 Å². The summed E-state index contributed by atoms with van der Waals surface area (Å²) >= 11 is 0. The second kappa shape index (κ2) is 5.31. The van der Waals surface area contributed by atoms with Gasteiger partial charge in [0.1, 0.15) is 5.75 Å². The van der Waals surface area contributed by atoms with Crippen molar-refractivity contribution < 1.29 is 18.5 Å². The van der Waals surface area contributed by atoms with Crippen LogP contribution in [0.4, 0.5) is 0 Å². The molecule has 1 atom stereocenters. The molecule has 1 N–H and O–H groups in total. The summed E-state index contributed by atoms with van der Waals surface area (Å²) in [5.74, 6) is 0.374. The molecule has 1 aromatic rings. The lowest BCUT2D eigenvalue weighted by Gasteiger charge is -2.13. The Morgan fingerprint density at radius 2 is 2.07 bits per heavy atom. The van der Waals surface area contributed by atoms with Crippen molar-refractivity contribution in [2.45, 2.75) is 20.3 Å². The lowest BCUT2D eigenvalue weighted by Crippen LogP contribution is -1.99. The standard InChI is InChI=1S/C10H15O4P/c1-3-8-13-15(11,12)14-10-7-5-4-6-9(10)2/h4-7H,3,8H2,1-2H3,(H,11,12). The van der Waals surface area contributed by atoms with Crippen LogP contribution in [0.5, 0.6) is 5.75 Å². The summed E-state index contributed by atoms with van der Waals surface area (Å²) in [6.07, 6.45) is 0.668. The van der Waals surface area contributed by atoms with E-state index in [1.165, 1.54) is 0 Å². The molecule has 4 nitrogen and oxygen atoms in total. The molecular weight excluding hydrogens is 215 g/mol. The molecule has 0 radical (unpaired) electrons. The van der Waals surface area contributed by atoms with Crippen molar-refractivity contribution in [3.8, 4) is 5.75 Å². The van der Waals surface area contributed by atoms with Crippen LogP contribution in [-0.4, -0.2) is 11.5 Å². The van der Waals surface area contributed by atoms with Crippen LogP contribution in [0.25, 0.3) is 0 Å². The lowest BCUT2D eigenvalue weighted by molar-refractivity contribution is 0.203. The van der Waals surface area contributed by atoms with Gasteiger partial charge in [-0.15, -0.1) is 0 Å². The molecule has 0 aliphatic rings. The zero-order valence-corrected chi connectivity index (χ0v) is 9.74. The first-order valence-corrected chi connectivity index (χ1v) is 6.27. The highest BCUT2D eigenvalue weighted by molar-refractivity contribution is 7.47. The molecule has 84 valence electrons. The Balaban J connectivity index is 2.69. The SMILES string of the molecule is CCCOP(=O)(O)Oc1ccccc1C. The van der Waals surface area contributed by atoms with E-state index >= 15 is 0 Å². The van der Waals surface area contributed by atoms with Crippen molar-refractivity contribution >= 4 is 7.82 Å². The van der Waals surface area contributed by atoms with E-state index in [9.17, 15) is 9.46 Å². The van der Waals surface area contributed by atoms with Crippen LogP contribution >= 0.6 is 7.82 Å². The third-order valence-electron chi connectivity index (χ3n) is 1.77. The number of para-hydroxylation sites is 1. The Kier molecular flexibility index (Phi) is 4.33. The van der Waals surface area contributed by atoms with Crippen LogP contribution < -0.4 is 4.52 Å². The fraction of sp³-hybridized carbons (Fsp3) is 0.400. The van der Waals surface area contributed by atoms with Crippen molar-refractivity contribution in [3.05, 3.63) is 29.8 Å². The van der Waals surface area contributed by atoms with E-state index in [1.807, 2.05) is 13.0 Å². The van der Waals surface area contributed by atoms with E-state index in [2.05, 4.69) is 0 Å². The van der Waals surface area contributed by atoms with Crippen molar-refractivity contribution in [3.63, 3.8) is 0 Å². The van der Waals surface area contributed by atoms with Crippen LogP contribution in [0.2, 0.25) is 0 Å². The first-order valence-electron chi connectivity index (χ1n) is 4.77. The van der Waals surface area contributed by atoms with E-state index in [-0.39, 0.29) is 6.61 Å². The summed E-state index contributed by atoms with van der Waals surface area (Å²) in [4.78, 5) is 9.33. The van der Waals surface area contributed by atoms with Crippen LogP contribution in [0.3, 0.4) is 0 Å². The van der Waals surface area contributed by atoms with Crippen molar-refractivity contribution in [1.82, 2.24) is 0 Å². The second-order valence-electron chi connectivity index (χ2n) is 3.16. The molecule has 0 aliphatic heterocycles. The molecule has 0 saturated carbocycles. The largest absolute Gasteiger partial charge is 0.527 e. The lowest BCUT2D eigenvalue weighted by atomic mass is 10.2. The Morgan fingerprint density at radius 3 is 2.67 bits per heavy atom. The molecule has 0 spiro atoms. The van der Waals surface area contributed by atoms with Gasteiger partial charge < -0.3 is 4.52 Å². The smallest absolute Gasteiger partial charge is 0.404 e. The van der Waals surface area contributed by atoms with Crippen molar-refractivity contribution in [2.24, 2.45) is 0 Å². The molecule has 1 unspecified atom stereocenters. The maximum atomic E-state index is 11.4. The summed E-state index contributed by atoms with van der Waals surface area (Å²) in [6, 6.07) is 7.00. The third kappa shape index (κ3) is 4.04. The molecule has 5 heteroatoms. The summed E-state index contributed by atoms with van der Waals surface area (Å²) in [7, 11) is -3.96. The van der Waals surface area contributed by atoms with Gasteiger partial charge in [-0.2, -0.15) is 0 Å². The van der Waals surface area contributed by atoms with Gasteiger partial charge in [0.25, 0.3) is 0 Å². The minimum absolute atomic E-state index is 0.208. The molecule has 0 heterocycles. The topological polar surface area (TPSA) is 55.8 Å². The predicted octanol–water partition coefficient (Wildman–Crippen LogP) is 2.90. The molecule has 0 bridgehead atoms. The van der Waals surface area contributed by atoms with Crippen LogP contribution in [0, 0.1) is 6.92 Å². The van der Waals surface area contributed by atoms with Crippen LogP contribution in [0.15, 0.2) is 24.3 Å². The third-order valence-corrected chi connectivity index (χ3v) is 2.70. The van der Waals surface area contributed by atoms with Gasteiger partial charge in [-0.1, -0.05) is 25.1 Å². The second-order valence-corrected chi connectivity index (χ2v) is 4.54. The van der Waals surface area contributed by atoms with E-state index in [1.54, 1.807) is 25.1 Å². The van der Waals surface area contributed by atoms with Crippen LogP contribution in [-0.2, 0) is 9.09 Å². The summed E-state index contributed by atoms with van der Waals surface area (Å²) in [6.45, 7) is 3.86. The summed E-state index contributed by atoms with van der Waals surface area (Å²) in [5.41, 5.74) is 0.798. The van der Waals surface area contributed by atoms with Gasteiger partial charge in [0, 0.05) is 0 Å². The van der Waals surface area contributed by atoms with E-state index in [0.29, 0.717) is 12.2 Å². The number of hydrogen-bond donors (Lipinski definition) is 1. The fourth-order valence-electron chi connectivity index (χ4n) is 1.02. The molecule has 0 aromatic heterocycles. The predicted molar refractivity (Wildman–Crippen MR) is 57.9 cm³/mol. The van der Waals surface area contributed by atoms with Gasteiger partial charge in [0.05, 0.1) is 6.61 Å². The van der Waals surface area contributed by atoms with E-state index in [4.69, 9.17) is 9.05 Å². The Labute approximate surface area is 89.5 Å². The van der Waals surface area contributed by atoms with Gasteiger partial charge in [-0.25, -0.2) is 4.57 Å². The molecule has 0 fully saturated rings. The average molecular weight is 230 g/mol. The fourth-order valence-corrected chi connectivity index (χ4v) is 1.94. The van der Waals surface area contributed by atoms with Gasteiger partial charge in [-0.3, -0.25) is 9.42 Å². The highest BCUT2D eigenvalue weighted by Crippen LogP contribution is 2.44. The summed E-state index contributed by atoms with van der Waals surface area (Å²) in [5, 5.41) is 0. The molecular formula is C10H15O4P. The minimum atomic E-state index is -3.96. The van der Waals surface area contributed by atoms with Gasteiger partial charge in [-0.05, 0) is 25.0 Å². The molecule has 15 heavy (non-hydrogen) atoms. The first kappa shape index (κ1) is 12.2. The molecule has 0 saturated heterocycles. The quantitative estimate of drug-likeness (QED) is 0.790. The number of aryl methyl sites for hydroxylation is 1. The molecule has 1 aromatic carbocycles. The number of phosphoric acid groups is 1. The monoisotopic (exact) mass is 230 g/mol. The number of hydrogen-bond acceptors (Lipinski definition) is 3. The average Bonchev–Trinajstić information content (AvgIpc) is 2.18. The number of benzene rings is 1. The van der Waals surface area contributed by atoms with Gasteiger partial charge >= 0.3 is 7.82 Å². The maximum Gasteiger partial charge on any atom is 0.527 e. The molecule has 0 amide bonds. The highest BCUT2D eigenvalue weighted by Gasteiger charge is 2.22. The maximum absolute atomic E-state index is 11.4.